The van der Waals surface area contributed by atoms with Gasteiger partial charge in [-0.15, -0.1) is 0 Å². The highest BCUT2D eigenvalue weighted by atomic mass is 15.0. The van der Waals surface area contributed by atoms with Gasteiger partial charge in [0.25, 0.3) is 0 Å². The minimum atomic E-state index is 0.160. The number of nitrogens with zero attached hydrogens (tertiary/aromatic N) is 2. The van der Waals surface area contributed by atoms with Crippen LogP contribution in [0.1, 0.15) is 36.3 Å². The molecule has 0 aliphatic heterocycles. The van der Waals surface area contributed by atoms with Crippen molar-refractivity contribution in [3.05, 3.63) is 47.5 Å². The van der Waals surface area contributed by atoms with Crippen LogP contribution in [-0.2, 0) is 0 Å². The molecule has 0 aliphatic carbocycles. The average molecular weight is 240 g/mol. The Hall–Kier alpha value is -2.28. The SMILES string of the molecule is CCC(Nc1ccc(C#N)c(C)c1)c1ncc[nH]1. The van der Waals surface area contributed by atoms with Crippen LogP contribution in [0.4, 0.5) is 5.69 Å². The Morgan fingerprint density at radius 2 is 2.33 bits per heavy atom. The Morgan fingerprint density at radius 3 is 2.89 bits per heavy atom. The first-order chi connectivity index (χ1) is 8.74. The zero-order valence-corrected chi connectivity index (χ0v) is 10.6. The first-order valence-corrected chi connectivity index (χ1v) is 6.01. The summed E-state index contributed by atoms with van der Waals surface area (Å²) in [4.78, 5) is 7.39. The van der Waals surface area contributed by atoms with Gasteiger partial charge in [0.2, 0.25) is 0 Å². The molecular formula is C14H16N4. The van der Waals surface area contributed by atoms with Crippen molar-refractivity contribution in [3.8, 4) is 6.07 Å². The molecule has 18 heavy (non-hydrogen) atoms. The Morgan fingerprint density at radius 1 is 1.50 bits per heavy atom. The quantitative estimate of drug-likeness (QED) is 0.862. The number of nitriles is 1. The summed E-state index contributed by atoms with van der Waals surface area (Å²) in [5.74, 6) is 0.930. The molecule has 4 nitrogen and oxygen atoms in total. The average Bonchev–Trinajstić information content (AvgIpc) is 2.90. The first kappa shape index (κ1) is 12.2. The Kier molecular flexibility index (Phi) is 3.63. The molecule has 1 aromatic heterocycles. The topological polar surface area (TPSA) is 64.5 Å². The van der Waals surface area contributed by atoms with E-state index in [0.29, 0.717) is 5.56 Å². The summed E-state index contributed by atoms with van der Waals surface area (Å²) in [6.45, 7) is 4.05. The van der Waals surface area contributed by atoms with Crippen molar-refractivity contribution in [2.75, 3.05) is 5.32 Å². The second kappa shape index (κ2) is 5.37. The lowest BCUT2D eigenvalue weighted by atomic mass is 10.1. The molecule has 0 spiro atoms. The third-order valence-corrected chi connectivity index (χ3v) is 2.95. The van der Waals surface area contributed by atoms with Gasteiger partial charge in [0, 0.05) is 18.1 Å². The van der Waals surface area contributed by atoms with E-state index in [4.69, 9.17) is 5.26 Å². The van der Waals surface area contributed by atoms with Crippen molar-refractivity contribution in [3.63, 3.8) is 0 Å². The molecule has 2 aromatic rings. The number of rotatable bonds is 4. The standard InChI is InChI=1S/C14H16N4/c1-3-13(14-16-6-7-17-14)18-12-5-4-11(9-15)10(2)8-12/h4-8,13,18H,3H2,1-2H3,(H,16,17). The molecule has 0 fully saturated rings. The molecule has 1 aromatic carbocycles. The van der Waals surface area contributed by atoms with Crippen molar-refractivity contribution < 1.29 is 0 Å². The zero-order chi connectivity index (χ0) is 13.0. The summed E-state index contributed by atoms with van der Waals surface area (Å²) in [7, 11) is 0. The molecule has 0 saturated heterocycles. The second-order valence-corrected chi connectivity index (χ2v) is 4.22. The van der Waals surface area contributed by atoms with Gasteiger partial charge >= 0.3 is 0 Å². The maximum atomic E-state index is 8.90. The number of anilines is 1. The summed E-state index contributed by atoms with van der Waals surface area (Å²) in [5.41, 5.74) is 2.71. The van der Waals surface area contributed by atoms with Crippen LogP contribution in [0.15, 0.2) is 30.6 Å². The summed E-state index contributed by atoms with van der Waals surface area (Å²) in [5, 5.41) is 12.3. The third-order valence-electron chi connectivity index (χ3n) is 2.95. The van der Waals surface area contributed by atoms with Crippen molar-refractivity contribution >= 4 is 5.69 Å². The predicted molar refractivity (Wildman–Crippen MR) is 71.1 cm³/mol. The van der Waals surface area contributed by atoms with E-state index < -0.39 is 0 Å². The van der Waals surface area contributed by atoms with E-state index in [9.17, 15) is 0 Å². The first-order valence-electron chi connectivity index (χ1n) is 6.01. The highest BCUT2D eigenvalue weighted by molar-refractivity contribution is 5.52. The van der Waals surface area contributed by atoms with Crippen molar-refractivity contribution in [2.24, 2.45) is 0 Å². The van der Waals surface area contributed by atoms with Crippen LogP contribution < -0.4 is 5.32 Å². The molecule has 92 valence electrons. The molecule has 0 saturated carbocycles. The Labute approximate surface area is 107 Å². The lowest BCUT2D eigenvalue weighted by Crippen LogP contribution is -2.11. The van der Waals surface area contributed by atoms with E-state index in [2.05, 4.69) is 28.3 Å². The molecule has 0 bridgehead atoms. The highest BCUT2D eigenvalue weighted by Crippen LogP contribution is 2.21. The van der Waals surface area contributed by atoms with Crippen molar-refractivity contribution in [1.29, 1.82) is 5.26 Å². The monoisotopic (exact) mass is 240 g/mol. The maximum Gasteiger partial charge on any atom is 0.128 e. The van der Waals surface area contributed by atoms with Crippen LogP contribution in [0.5, 0.6) is 0 Å². The summed E-state index contributed by atoms with van der Waals surface area (Å²) < 4.78 is 0. The number of H-pyrrole nitrogens is 1. The minimum Gasteiger partial charge on any atom is -0.375 e. The number of nitrogens with one attached hydrogen (secondary N) is 2. The fraction of sp³-hybridized carbons (Fsp3) is 0.286. The number of benzene rings is 1. The lowest BCUT2D eigenvalue weighted by molar-refractivity contribution is 0.704. The summed E-state index contributed by atoms with van der Waals surface area (Å²) in [6, 6.07) is 8.09. The lowest BCUT2D eigenvalue weighted by Gasteiger charge is -2.16. The second-order valence-electron chi connectivity index (χ2n) is 4.22. The number of hydrogen-bond acceptors (Lipinski definition) is 3. The number of aryl methyl sites for hydroxylation is 1. The van der Waals surface area contributed by atoms with Gasteiger partial charge in [0.15, 0.2) is 0 Å². The molecule has 2 rings (SSSR count). The highest BCUT2D eigenvalue weighted by Gasteiger charge is 2.11. The fourth-order valence-electron chi connectivity index (χ4n) is 1.91. The van der Waals surface area contributed by atoms with Crippen LogP contribution in [0, 0.1) is 18.3 Å². The van der Waals surface area contributed by atoms with Crippen LogP contribution in [0.3, 0.4) is 0 Å². The van der Waals surface area contributed by atoms with E-state index in [0.717, 1.165) is 23.5 Å². The number of aromatic nitrogens is 2. The maximum absolute atomic E-state index is 8.90. The van der Waals surface area contributed by atoms with Crippen LogP contribution in [0.25, 0.3) is 0 Å². The molecule has 1 heterocycles. The van der Waals surface area contributed by atoms with Crippen molar-refractivity contribution in [1.82, 2.24) is 9.97 Å². The van der Waals surface area contributed by atoms with Gasteiger partial charge in [-0.25, -0.2) is 4.98 Å². The van der Waals surface area contributed by atoms with Gasteiger partial charge in [-0.3, -0.25) is 0 Å². The van der Waals surface area contributed by atoms with Gasteiger partial charge in [0.05, 0.1) is 17.7 Å². The Balaban J connectivity index is 2.18. The summed E-state index contributed by atoms with van der Waals surface area (Å²) >= 11 is 0. The molecular weight excluding hydrogens is 224 g/mol. The molecule has 2 N–H and O–H groups in total. The molecule has 0 aliphatic rings. The number of hydrogen-bond donors (Lipinski definition) is 2. The van der Waals surface area contributed by atoms with Crippen LogP contribution in [0.2, 0.25) is 0 Å². The molecule has 0 amide bonds. The van der Waals surface area contributed by atoms with E-state index in [1.165, 1.54) is 0 Å². The van der Waals surface area contributed by atoms with Gasteiger partial charge in [-0.2, -0.15) is 5.26 Å². The smallest absolute Gasteiger partial charge is 0.128 e. The van der Waals surface area contributed by atoms with Gasteiger partial charge in [-0.1, -0.05) is 6.92 Å². The number of imidazole rings is 1. The molecule has 4 heteroatoms. The minimum absolute atomic E-state index is 0.160. The van der Waals surface area contributed by atoms with E-state index in [1.54, 1.807) is 6.20 Å². The van der Waals surface area contributed by atoms with Crippen molar-refractivity contribution in [2.45, 2.75) is 26.3 Å². The van der Waals surface area contributed by atoms with E-state index >= 15 is 0 Å². The molecule has 0 radical (unpaired) electrons. The van der Waals surface area contributed by atoms with Gasteiger partial charge < -0.3 is 10.3 Å². The van der Waals surface area contributed by atoms with Crippen LogP contribution >= 0.6 is 0 Å². The van der Waals surface area contributed by atoms with Gasteiger partial charge in [0.1, 0.15) is 5.82 Å². The largest absolute Gasteiger partial charge is 0.375 e. The van der Waals surface area contributed by atoms with Crippen LogP contribution in [-0.4, -0.2) is 9.97 Å². The Bertz CT molecular complexity index is 552. The normalized spacial score (nSPS) is 11.8. The number of aromatic amines is 1. The zero-order valence-electron chi connectivity index (χ0n) is 10.6. The van der Waals surface area contributed by atoms with E-state index in [1.807, 2.05) is 31.3 Å². The fourth-order valence-corrected chi connectivity index (χ4v) is 1.91. The van der Waals surface area contributed by atoms with E-state index in [-0.39, 0.29) is 6.04 Å². The molecule has 1 atom stereocenters. The predicted octanol–water partition coefficient (Wildman–Crippen LogP) is 3.15. The van der Waals surface area contributed by atoms with Gasteiger partial charge in [-0.05, 0) is 37.1 Å². The third kappa shape index (κ3) is 2.51. The summed E-state index contributed by atoms with van der Waals surface area (Å²) in [6.07, 6.45) is 4.51. The molecule has 1 unspecified atom stereocenters.